The van der Waals surface area contributed by atoms with Gasteiger partial charge in [-0.1, -0.05) is 5.16 Å². The predicted octanol–water partition coefficient (Wildman–Crippen LogP) is 2.98. The molecule has 2 aliphatic heterocycles. The number of hydrogen-bond acceptors (Lipinski definition) is 4. The molecule has 2 heterocycles. The molecule has 0 saturated carbocycles. The first-order valence-electron chi connectivity index (χ1n) is 8.69. The van der Waals surface area contributed by atoms with Gasteiger partial charge >= 0.3 is 0 Å². The van der Waals surface area contributed by atoms with Crippen molar-refractivity contribution in [3.05, 3.63) is 0 Å². The summed E-state index contributed by atoms with van der Waals surface area (Å²) in [5.74, 6) is 0.619. The Hall–Kier alpha value is -0.610. The lowest BCUT2D eigenvalue weighted by Crippen LogP contribution is -2.43. The minimum absolute atomic E-state index is 0.183. The van der Waals surface area contributed by atoms with Crippen LogP contribution in [0.4, 0.5) is 0 Å². The second-order valence-electron chi connectivity index (χ2n) is 7.09. The third-order valence-electron chi connectivity index (χ3n) is 4.97. The minimum atomic E-state index is 0.183. The van der Waals surface area contributed by atoms with Gasteiger partial charge in [0.05, 0.1) is 5.71 Å². The van der Waals surface area contributed by atoms with E-state index in [9.17, 15) is 0 Å². The first-order valence-corrected chi connectivity index (χ1v) is 8.69. The van der Waals surface area contributed by atoms with Gasteiger partial charge in [-0.3, -0.25) is 0 Å². The van der Waals surface area contributed by atoms with E-state index in [2.05, 4.69) is 28.9 Å². The Balaban J connectivity index is 1.78. The molecular weight excluding hydrogens is 262 g/mol. The zero-order valence-corrected chi connectivity index (χ0v) is 14.3. The summed E-state index contributed by atoms with van der Waals surface area (Å²) >= 11 is 0. The van der Waals surface area contributed by atoms with Crippen LogP contribution in [0.25, 0.3) is 0 Å². The highest BCUT2D eigenvalue weighted by Gasteiger charge is 2.27. The molecule has 0 aromatic carbocycles. The quantitative estimate of drug-likeness (QED) is 0.589. The molecule has 0 radical (unpaired) electrons. The molecule has 2 aliphatic rings. The Morgan fingerprint density at radius 1 is 1.05 bits per heavy atom. The van der Waals surface area contributed by atoms with Crippen LogP contribution in [0.1, 0.15) is 52.9 Å². The highest BCUT2D eigenvalue weighted by Crippen LogP contribution is 2.24. The first-order chi connectivity index (χ1) is 10.1. The Kier molecular flexibility index (Phi) is 6.49. The van der Waals surface area contributed by atoms with Gasteiger partial charge in [0.25, 0.3) is 0 Å². The Bertz CT molecular complexity index is 335. The standard InChI is InChI=1S/C17H33N3O/c1-14(2)21-18-15(3)16-7-12-20(13-8-16)17-6-5-10-19(4)11-9-17/h14,16-17H,5-13H2,1-4H3/b18-15+. The zero-order valence-electron chi connectivity index (χ0n) is 14.3. The lowest BCUT2D eigenvalue weighted by molar-refractivity contribution is 0.0823. The molecule has 21 heavy (non-hydrogen) atoms. The number of rotatable bonds is 4. The van der Waals surface area contributed by atoms with Crippen LogP contribution >= 0.6 is 0 Å². The second-order valence-corrected chi connectivity index (χ2v) is 7.09. The third kappa shape index (κ3) is 5.26. The van der Waals surface area contributed by atoms with Crippen molar-refractivity contribution < 1.29 is 4.84 Å². The topological polar surface area (TPSA) is 28.1 Å². The smallest absolute Gasteiger partial charge is 0.122 e. The molecule has 2 rings (SSSR count). The van der Waals surface area contributed by atoms with Crippen LogP contribution in [0.15, 0.2) is 5.16 Å². The first kappa shape index (κ1) is 16.8. The monoisotopic (exact) mass is 295 g/mol. The van der Waals surface area contributed by atoms with Crippen LogP contribution < -0.4 is 0 Å². The van der Waals surface area contributed by atoms with Crippen molar-refractivity contribution in [2.24, 2.45) is 11.1 Å². The molecule has 0 N–H and O–H groups in total. The molecule has 2 saturated heterocycles. The van der Waals surface area contributed by atoms with E-state index in [0.717, 1.165) is 6.04 Å². The molecule has 1 atom stereocenters. The van der Waals surface area contributed by atoms with E-state index in [1.165, 1.54) is 64.0 Å². The average Bonchev–Trinajstić information content (AvgIpc) is 2.69. The summed E-state index contributed by atoms with van der Waals surface area (Å²) < 4.78 is 0. The molecular formula is C17H33N3O. The van der Waals surface area contributed by atoms with Crippen molar-refractivity contribution in [2.75, 3.05) is 33.2 Å². The number of likely N-dealkylation sites (tertiary alicyclic amines) is 2. The molecule has 4 nitrogen and oxygen atoms in total. The Morgan fingerprint density at radius 3 is 2.43 bits per heavy atom. The van der Waals surface area contributed by atoms with Gasteiger partial charge in [0.2, 0.25) is 0 Å². The molecule has 0 bridgehead atoms. The summed E-state index contributed by atoms with van der Waals surface area (Å²) in [6.45, 7) is 11.2. The summed E-state index contributed by atoms with van der Waals surface area (Å²) in [7, 11) is 2.25. The highest BCUT2D eigenvalue weighted by molar-refractivity contribution is 5.83. The van der Waals surface area contributed by atoms with E-state index in [1.807, 2.05) is 13.8 Å². The second kappa shape index (κ2) is 8.14. The van der Waals surface area contributed by atoms with Crippen molar-refractivity contribution in [1.82, 2.24) is 9.80 Å². The molecule has 2 fully saturated rings. The van der Waals surface area contributed by atoms with Crippen molar-refractivity contribution in [3.63, 3.8) is 0 Å². The largest absolute Gasteiger partial charge is 0.393 e. The maximum absolute atomic E-state index is 5.40. The van der Waals surface area contributed by atoms with E-state index in [-0.39, 0.29) is 6.10 Å². The Morgan fingerprint density at radius 2 is 1.76 bits per heavy atom. The maximum atomic E-state index is 5.40. The van der Waals surface area contributed by atoms with Gasteiger partial charge < -0.3 is 14.6 Å². The number of hydrogen-bond donors (Lipinski definition) is 0. The summed E-state index contributed by atoms with van der Waals surface area (Å²) in [4.78, 5) is 10.6. The van der Waals surface area contributed by atoms with Crippen LogP contribution in [0.3, 0.4) is 0 Å². The normalized spacial score (nSPS) is 27.9. The van der Waals surface area contributed by atoms with Gasteiger partial charge in [0.1, 0.15) is 6.10 Å². The van der Waals surface area contributed by atoms with Crippen molar-refractivity contribution >= 4 is 5.71 Å². The van der Waals surface area contributed by atoms with Crippen molar-refractivity contribution in [1.29, 1.82) is 0 Å². The predicted molar refractivity (Wildman–Crippen MR) is 88.8 cm³/mol. The van der Waals surface area contributed by atoms with Gasteiger partial charge in [0.15, 0.2) is 0 Å². The van der Waals surface area contributed by atoms with E-state index >= 15 is 0 Å². The van der Waals surface area contributed by atoms with Crippen LogP contribution in [0.2, 0.25) is 0 Å². The van der Waals surface area contributed by atoms with E-state index in [4.69, 9.17) is 4.84 Å². The highest BCUT2D eigenvalue weighted by atomic mass is 16.6. The van der Waals surface area contributed by atoms with Gasteiger partial charge in [-0.05, 0) is 86.1 Å². The fraction of sp³-hybridized carbons (Fsp3) is 0.941. The fourth-order valence-corrected chi connectivity index (χ4v) is 3.53. The lowest BCUT2D eigenvalue weighted by atomic mass is 9.91. The fourth-order valence-electron chi connectivity index (χ4n) is 3.53. The molecule has 122 valence electrons. The summed E-state index contributed by atoms with van der Waals surface area (Å²) in [5.41, 5.74) is 1.18. The van der Waals surface area contributed by atoms with Crippen LogP contribution in [-0.4, -0.2) is 60.9 Å². The van der Waals surface area contributed by atoms with E-state index in [1.54, 1.807) is 0 Å². The third-order valence-corrected chi connectivity index (χ3v) is 4.97. The van der Waals surface area contributed by atoms with Gasteiger partial charge in [-0.15, -0.1) is 0 Å². The number of nitrogens with zero attached hydrogens (tertiary/aromatic N) is 3. The van der Waals surface area contributed by atoms with Crippen molar-refractivity contribution in [2.45, 2.75) is 65.0 Å². The van der Waals surface area contributed by atoms with Gasteiger partial charge in [-0.25, -0.2) is 0 Å². The molecule has 4 heteroatoms. The molecule has 0 aromatic heterocycles. The van der Waals surface area contributed by atoms with Gasteiger partial charge in [-0.2, -0.15) is 0 Å². The number of piperidine rings is 1. The molecule has 0 aliphatic carbocycles. The maximum Gasteiger partial charge on any atom is 0.122 e. The molecule has 0 spiro atoms. The minimum Gasteiger partial charge on any atom is -0.393 e. The SMILES string of the molecule is C/C(=N\OC(C)C)C1CCN(C2CCCN(C)CC2)CC1. The summed E-state index contributed by atoms with van der Waals surface area (Å²) in [6, 6.07) is 0.806. The number of oxime groups is 1. The molecule has 0 amide bonds. The molecule has 1 unspecified atom stereocenters. The van der Waals surface area contributed by atoms with Crippen molar-refractivity contribution in [3.8, 4) is 0 Å². The summed E-state index contributed by atoms with van der Waals surface area (Å²) in [6.07, 6.45) is 6.72. The van der Waals surface area contributed by atoms with Crippen LogP contribution in [0.5, 0.6) is 0 Å². The van der Waals surface area contributed by atoms with E-state index < -0.39 is 0 Å². The van der Waals surface area contributed by atoms with Crippen LogP contribution in [-0.2, 0) is 4.84 Å². The lowest BCUT2D eigenvalue weighted by Gasteiger charge is -2.37. The molecule has 0 aromatic rings. The van der Waals surface area contributed by atoms with Gasteiger partial charge in [0, 0.05) is 12.0 Å². The van der Waals surface area contributed by atoms with E-state index in [0.29, 0.717) is 5.92 Å². The average molecular weight is 295 g/mol. The Labute approximate surface area is 130 Å². The zero-order chi connectivity index (χ0) is 15.2. The van der Waals surface area contributed by atoms with Crippen LogP contribution in [0, 0.1) is 5.92 Å². The summed E-state index contributed by atoms with van der Waals surface area (Å²) in [5, 5.41) is 4.30.